The molecule has 5 nitrogen and oxygen atoms in total. The molecule has 3 aromatic rings. The summed E-state index contributed by atoms with van der Waals surface area (Å²) in [5.41, 5.74) is 1.38. The maximum absolute atomic E-state index is 14.1. The average molecular weight is 531 g/mol. The highest BCUT2D eigenvalue weighted by molar-refractivity contribution is 6.36. The molecule has 0 heterocycles. The molecule has 1 N–H and O–H groups in total. The number of para-hydroxylation sites is 1. The van der Waals surface area contributed by atoms with Gasteiger partial charge in [0, 0.05) is 35.1 Å². The number of hydrogen-bond donors (Lipinski definition) is 1. The van der Waals surface area contributed by atoms with Crippen LogP contribution in [0, 0.1) is 11.7 Å². The van der Waals surface area contributed by atoms with Crippen LogP contribution in [0.25, 0.3) is 0 Å². The fourth-order valence-corrected chi connectivity index (χ4v) is 4.13. The summed E-state index contributed by atoms with van der Waals surface area (Å²) < 4.78 is 19.6. The number of ether oxygens (including phenoxy) is 1. The molecule has 0 aromatic heterocycles. The van der Waals surface area contributed by atoms with Gasteiger partial charge in [-0.25, -0.2) is 4.39 Å². The minimum atomic E-state index is -0.879. The average Bonchev–Trinajstić information content (AvgIpc) is 2.86. The van der Waals surface area contributed by atoms with Gasteiger partial charge in [-0.1, -0.05) is 85.6 Å². The molecule has 0 aliphatic rings. The van der Waals surface area contributed by atoms with Crippen LogP contribution in [0.5, 0.6) is 5.75 Å². The van der Waals surface area contributed by atoms with Crippen LogP contribution >= 0.6 is 23.2 Å². The molecule has 0 aliphatic heterocycles. The quantitative estimate of drug-likeness (QED) is 0.334. The molecule has 0 fully saturated rings. The number of carbonyl (C=O) groups is 2. The van der Waals surface area contributed by atoms with Gasteiger partial charge >= 0.3 is 0 Å². The fourth-order valence-electron chi connectivity index (χ4n) is 3.61. The van der Waals surface area contributed by atoms with Crippen molar-refractivity contribution in [1.82, 2.24) is 10.2 Å². The van der Waals surface area contributed by atoms with E-state index in [-0.39, 0.29) is 30.5 Å². The summed E-state index contributed by atoms with van der Waals surface area (Å²) in [6.07, 6.45) is 0.262. The zero-order valence-electron chi connectivity index (χ0n) is 20.2. The third-order valence-electron chi connectivity index (χ3n) is 5.53. The van der Waals surface area contributed by atoms with E-state index in [0.29, 0.717) is 22.2 Å². The first-order valence-corrected chi connectivity index (χ1v) is 12.4. The lowest BCUT2D eigenvalue weighted by Gasteiger charge is -2.32. The Labute approximate surface area is 221 Å². The molecule has 36 heavy (non-hydrogen) atoms. The SMILES string of the molecule is CC(C)CNC(=O)[C@@H](Cc1ccccc1)N(Cc1c(Cl)cccc1Cl)C(=O)COc1ccccc1F. The van der Waals surface area contributed by atoms with Gasteiger partial charge in [0.2, 0.25) is 5.91 Å². The number of halogens is 3. The molecule has 3 aromatic carbocycles. The van der Waals surface area contributed by atoms with E-state index in [9.17, 15) is 14.0 Å². The minimum Gasteiger partial charge on any atom is -0.481 e. The van der Waals surface area contributed by atoms with Crippen LogP contribution in [-0.2, 0) is 22.6 Å². The van der Waals surface area contributed by atoms with Crippen molar-refractivity contribution in [1.29, 1.82) is 0 Å². The van der Waals surface area contributed by atoms with Crippen molar-refractivity contribution in [3.05, 3.63) is 99.8 Å². The van der Waals surface area contributed by atoms with E-state index in [2.05, 4.69) is 5.32 Å². The highest BCUT2D eigenvalue weighted by atomic mass is 35.5. The Bertz CT molecular complexity index is 1150. The van der Waals surface area contributed by atoms with Gasteiger partial charge in [0.25, 0.3) is 5.91 Å². The zero-order valence-corrected chi connectivity index (χ0v) is 21.7. The Hall–Kier alpha value is -3.09. The second kappa shape index (κ2) is 13.3. The molecule has 0 bridgehead atoms. The molecule has 0 unspecified atom stereocenters. The van der Waals surface area contributed by atoms with Crippen LogP contribution in [-0.4, -0.2) is 35.9 Å². The Balaban J connectivity index is 1.96. The summed E-state index contributed by atoms with van der Waals surface area (Å²) in [7, 11) is 0. The zero-order chi connectivity index (χ0) is 26.1. The molecule has 2 amide bonds. The van der Waals surface area contributed by atoms with E-state index < -0.39 is 24.4 Å². The van der Waals surface area contributed by atoms with Crippen molar-refractivity contribution in [2.45, 2.75) is 32.9 Å². The number of hydrogen-bond acceptors (Lipinski definition) is 3. The van der Waals surface area contributed by atoms with Crippen molar-refractivity contribution in [2.75, 3.05) is 13.2 Å². The molecule has 8 heteroatoms. The Kier molecular flexibility index (Phi) is 10.1. The molecular formula is C28H29Cl2FN2O3. The lowest BCUT2D eigenvalue weighted by molar-refractivity contribution is -0.142. The van der Waals surface area contributed by atoms with E-state index in [1.54, 1.807) is 24.3 Å². The summed E-state index contributed by atoms with van der Waals surface area (Å²) in [5.74, 6) is -1.23. The predicted molar refractivity (Wildman–Crippen MR) is 141 cm³/mol. The molecular weight excluding hydrogens is 502 g/mol. The van der Waals surface area contributed by atoms with Gasteiger partial charge in [-0.15, -0.1) is 0 Å². The number of rotatable bonds is 11. The topological polar surface area (TPSA) is 58.6 Å². The van der Waals surface area contributed by atoms with Crippen LogP contribution in [0.4, 0.5) is 4.39 Å². The van der Waals surface area contributed by atoms with E-state index in [1.807, 2.05) is 44.2 Å². The van der Waals surface area contributed by atoms with Gasteiger partial charge in [0.1, 0.15) is 6.04 Å². The second-order valence-corrected chi connectivity index (χ2v) is 9.60. The highest BCUT2D eigenvalue weighted by Crippen LogP contribution is 2.27. The molecule has 0 saturated heterocycles. The third kappa shape index (κ3) is 7.70. The molecule has 3 rings (SSSR count). The van der Waals surface area contributed by atoms with Crippen molar-refractivity contribution < 1.29 is 18.7 Å². The van der Waals surface area contributed by atoms with Gasteiger partial charge in [-0.3, -0.25) is 9.59 Å². The van der Waals surface area contributed by atoms with E-state index in [1.165, 1.54) is 23.1 Å². The van der Waals surface area contributed by atoms with E-state index in [4.69, 9.17) is 27.9 Å². The van der Waals surface area contributed by atoms with Crippen molar-refractivity contribution >= 4 is 35.0 Å². The molecule has 1 atom stereocenters. The van der Waals surface area contributed by atoms with Gasteiger partial charge < -0.3 is 15.0 Å². The fraction of sp³-hybridized carbons (Fsp3) is 0.286. The van der Waals surface area contributed by atoms with Crippen LogP contribution in [0.1, 0.15) is 25.0 Å². The first-order valence-electron chi connectivity index (χ1n) is 11.7. The van der Waals surface area contributed by atoms with Gasteiger partial charge in [-0.05, 0) is 35.7 Å². The summed E-state index contributed by atoms with van der Waals surface area (Å²) in [4.78, 5) is 28.4. The van der Waals surface area contributed by atoms with Crippen molar-refractivity contribution in [3.63, 3.8) is 0 Å². The number of carbonyl (C=O) groups excluding carboxylic acids is 2. The summed E-state index contributed by atoms with van der Waals surface area (Å²) in [5, 5.41) is 3.68. The Morgan fingerprint density at radius 3 is 2.22 bits per heavy atom. The number of nitrogens with zero attached hydrogens (tertiary/aromatic N) is 1. The largest absolute Gasteiger partial charge is 0.481 e. The van der Waals surface area contributed by atoms with Crippen LogP contribution in [0.3, 0.4) is 0 Å². The summed E-state index contributed by atoms with van der Waals surface area (Å²) in [6, 6.07) is 19.4. The smallest absolute Gasteiger partial charge is 0.261 e. The standard InChI is InChI=1S/C28H29Cl2FN2O3/c1-19(2)16-32-28(35)25(15-20-9-4-3-5-10-20)33(17-21-22(29)11-8-12-23(21)30)27(34)18-36-26-14-7-6-13-24(26)31/h3-14,19,25H,15-18H2,1-2H3,(H,32,35)/t25-/m1/s1. The second-order valence-electron chi connectivity index (χ2n) is 8.79. The van der Waals surface area contributed by atoms with E-state index >= 15 is 0 Å². The molecule has 0 radical (unpaired) electrons. The Morgan fingerprint density at radius 1 is 0.944 bits per heavy atom. The summed E-state index contributed by atoms with van der Waals surface area (Å²) in [6.45, 7) is 3.93. The highest BCUT2D eigenvalue weighted by Gasteiger charge is 2.31. The van der Waals surface area contributed by atoms with Gasteiger partial charge in [-0.2, -0.15) is 0 Å². The Morgan fingerprint density at radius 2 is 1.58 bits per heavy atom. The maximum Gasteiger partial charge on any atom is 0.261 e. The maximum atomic E-state index is 14.1. The van der Waals surface area contributed by atoms with Crippen LogP contribution in [0.2, 0.25) is 10.0 Å². The predicted octanol–water partition coefficient (Wildman–Crippen LogP) is 5.92. The van der Waals surface area contributed by atoms with Crippen LogP contribution in [0.15, 0.2) is 72.8 Å². The summed E-state index contributed by atoms with van der Waals surface area (Å²) >= 11 is 12.8. The normalized spacial score (nSPS) is 11.7. The van der Waals surface area contributed by atoms with Gasteiger partial charge in [0.05, 0.1) is 0 Å². The van der Waals surface area contributed by atoms with Crippen molar-refractivity contribution in [2.24, 2.45) is 5.92 Å². The first kappa shape index (κ1) is 27.5. The minimum absolute atomic E-state index is 0.0232. The number of benzene rings is 3. The molecule has 0 spiro atoms. The first-order chi connectivity index (χ1) is 17.3. The lowest BCUT2D eigenvalue weighted by atomic mass is 10.0. The molecule has 0 aliphatic carbocycles. The van der Waals surface area contributed by atoms with Crippen molar-refractivity contribution in [3.8, 4) is 5.75 Å². The van der Waals surface area contributed by atoms with Crippen LogP contribution < -0.4 is 10.1 Å². The molecule has 190 valence electrons. The van der Waals surface area contributed by atoms with E-state index in [0.717, 1.165) is 5.56 Å². The number of nitrogens with one attached hydrogen (secondary N) is 1. The molecule has 0 saturated carbocycles. The third-order valence-corrected chi connectivity index (χ3v) is 6.24. The number of amides is 2. The van der Waals surface area contributed by atoms with Gasteiger partial charge in [0.15, 0.2) is 18.2 Å². The monoisotopic (exact) mass is 530 g/mol. The lowest BCUT2D eigenvalue weighted by Crippen LogP contribution is -2.52.